The Morgan fingerprint density at radius 1 is 1.33 bits per heavy atom. The van der Waals surface area contributed by atoms with Crippen LogP contribution in [0.25, 0.3) is 0 Å². The summed E-state index contributed by atoms with van der Waals surface area (Å²) in [5.41, 5.74) is 3.69. The number of rotatable bonds is 3. The first-order chi connectivity index (χ1) is 8.41. The van der Waals surface area contributed by atoms with Crippen LogP contribution >= 0.6 is 11.6 Å². The summed E-state index contributed by atoms with van der Waals surface area (Å²) in [7, 11) is 3.67. The normalized spacial score (nSPS) is 13.0. The van der Waals surface area contributed by atoms with Crippen LogP contribution in [0.3, 0.4) is 0 Å². The van der Waals surface area contributed by atoms with Gasteiger partial charge in [0.15, 0.2) is 0 Å². The molecule has 1 atom stereocenters. The van der Waals surface area contributed by atoms with Crippen molar-refractivity contribution in [1.29, 1.82) is 0 Å². The Labute approximate surface area is 111 Å². The third-order valence-corrected chi connectivity index (χ3v) is 3.60. The number of aromatic nitrogens is 4. The standard InChI is InChI=1S/C12H17ClN4O/c1-7-9(8(2)16(3)15-7)5-11(18)12-10(13)6-14-17(12)4/h6,11,18H,5H2,1-4H3. The smallest absolute Gasteiger partial charge is 0.101 e. The summed E-state index contributed by atoms with van der Waals surface area (Å²) < 4.78 is 3.43. The Balaban J connectivity index is 2.29. The molecule has 1 N–H and O–H groups in total. The zero-order valence-corrected chi connectivity index (χ0v) is 11.7. The maximum atomic E-state index is 10.3. The SMILES string of the molecule is Cc1nn(C)c(C)c1CC(O)c1c(Cl)cnn1C. The van der Waals surface area contributed by atoms with E-state index < -0.39 is 6.10 Å². The molecular formula is C12H17ClN4O. The van der Waals surface area contributed by atoms with E-state index in [9.17, 15) is 5.11 Å². The van der Waals surface area contributed by atoms with E-state index in [1.807, 2.05) is 25.6 Å². The Bertz CT molecular complexity index is 553. The monoisotopic (exact) mass is 268 g/mol. The molecule has 0 amide bonds. The predicted octanol–water partition coefficient (Wildman–Crippen LogP) is 1.70. The second kappa shape index (κ2) is 4.74. The Morgan fingerprint density at radius 3 is 2.44 bits per heavy atom. The molecule has 2 aromatic rings. The first kappa shape index (κ1) is 13.1. The van der Waals surface area contributed by atoms with Crippen LogP contribution in [0.4, 0.5) is 0 Å². The maximum absolute atomic E-state index is 10.3. The number of hydrogen-bond donors (Lipinski definition) is 1. The van der Waals surface area contributed by atoms with Crippen LogP contribution in [0.2, 0.25) is 5.02 Å². The van der Waals surface area contributed by atoms with Crippen molar-refractivity contribution in [2.45, 2.75) is 26.4 Å². The van der Waals surface area contributed by atoms with Crippen LogP contribution in [0.1, 0.15) is 28.7 Å². The summed E-state index contributed by atoms with van der Waals surface area (Å²) in [5, 5.41) is 19.2. The molecule has 6 heteroatoms. The summed E-state index contributed by atoms with van der Waals surface area (Å²) in [4.78, 5) is 0. The van der Waals surface area contributed by atoms with Crippen LogP contribution in [-0.2, 0) is 20.5 Å². The quantitative estimate of drug-likeness (QED) is 0.922. The average molecular weight is 269 g/mol. The van der Waals surface area contributed by atoms with Crippen LogP contribution in [-0.4, -0.2) is 24.7 Å². The van der Waals surface area contributed by atoms with Gasteiger partial charge in [0.25, 0.3) is 0 Å². The minimum atomic E-state index is -0.674. The fraction of sp³-hybridized carbons (Fsp3) is 0.500. The van der Waals surface area contributed by atoms with E-state index in [4.69, 9.17) is 11.6 Å². The van der Waals surface area contributed by atoms with Gasteiger partial charge in [0.1, 0.15) is 6.10 Å². The van der Waals surface area contributed by atoms with Gasteiger partial charge in [0.05, 0.1) is 22.6 Å². The number of nitrogens with zero attached hydrogens (tertiary/aromatic N) is 4. The maximum Gasteiger partial charge on any atom is 0.101 e. The molecule has 2 heterocycles. The lowest BCUT2D eigenvalue weighted by Gasteiger charge is -2.12. The van der Waals surface area contributed by atoms with E-state index in [0.29, 0.717) is 17.1 Å². The fourth-order valence-corrected chi connectivity index (χ4v) is 2.49. The molecule has 18 heavy (non-hydrogen) atoms. The lowest BCUT2D eigenvalue weighted by atomic mass is 10.0. The van der Waals surface area contributed by atoms with Gasteiger partial charge >= 0.3 is 0 Å². The van der Waals surface area contributed by atoms with Crippen molar-refractivity contribution in [2.24, 2.45) is 14.1 Å². The van der Waals surface area contributed by atoms with E-state index >= 15 is 0 Å². The Morgan fingerprint density at radius 2 is 2.00 bits per heavy atom. The molecule has 0 aliphatic rings. The molecule has 1 unspecified atom stereocenters. The summed E-state index contributed by atoms with van der Waals surface area (Å²) in [5.74, 6) is 0. The topological polar surface area (TPSA) is 55.9 Å². The molecule has 0 spiro atoms. The lowest BCUT2D eigenvalue weighted by molar-refractivity contribution is 0.168. The molecule has 0 saturated heterocycles. The average Bonchev–Trinajstić information content (AvgIpc) is 2.74. The van der Waals surface area contributed by atoms with Crippen molar-refractivity contribution < 1.29 is 5.11 Å². The molecule has 98 valence electrons. The van der Waals surface area contributed by atoms with Crippen molar-refractivity contribution in [2.75, 3.05) is 0 Å². The van der Waals surface area contributed by atoms with E-state index in [2.05, 4.69) is 10.2 Å². The van der Waals surface area contributed by atoms with Crippen LogP contribution in [0, 0.1) is 13.8 Å². The molecule has 0 fully saturated rings. The highest BCUT2D eigenvalue weighted by atomic mass is 35.5. The van der Waals surface area contributed by atoms with Gasteiger partial charge in [-0.15, -0.1) is 0 Å². The van der Waals surface area contributed by atoms with Gasteiger partial charge < -0.3 is 5.11 Å². The minimum absolute atomic E-state index is 0.490. The van der Waals surface area contributed by atoms with Crippen molar-refractivity contribution in [3.05, 3.63) is 33.9 Å². The third kappa shape index (κ3) is 2.15. The number of halogens is 1. The molecule has 5 nitrogen and oxygen atoms in total. The van der Waals surface area contributed by atoms with Crippen molar-refractivity contribution >= 4 is 11.6 Å². The summed E-state index contributed by atoms with van der Waals surface area (Å²) in [6.07, 6.45) is 1.36. The number of aliphatic hydroxyl groups excluding tert-OH is 1. The molecule has 0 bridgehead atoms. The molecule has 0 aliphatic carbocycles. The predicted molar refractivity (Wildman–Crippen MR) is 69.6 cm³/mol. The summed E-state index contributed by atoms with van der Waals surface area (Å²) in [6, 6.07) is 0. The van der Waals surface area contributed by atoms with Gasteiger partial charge in [0.2, 0.25) is 0 Å². The van der Waals surface area contributed by atoms with E-state index in [0.717, 1.165) is 17.0 Å². The first-order valence-electron chi connectivity index (χ1n) is 5.76. The van der Waals surface area contributed by atoms with Gasteiger partial charge in [0, 0.05) is 26.2 Å². The molecule has 2 rings (SSSR count). The van der Waals surface area contributed by atoms with Gasteiger partial charge in [-0.25, -0.2) is 0 Å². The molecule has 0 saturated carbocycles. The van der Waals surface area contributed by atoms with Gasteiger partial charge in [-0.2, -0.15) is 10.2 Å². The number of aryl methyl sites for hydroxylation is 3. The van der Waals surface area contributed by atoms with Crippen LogP contribution < -0.4 is 0 Å². The first-order valence-corrected chi connectivity index (χ1v) is 6.14. The van der Waals surface area contributed by atoms with Crippen molar-refractivity contribution in [3.63, 3.8) is 0 Å². The Hall–Kier alpha value is -1.33. The number of hydrogen-bond acceptors (Lipinski definition) is 3. The van der Waals surface area contributed by atoms with Gasteiger partial charge in [-0.05, 0) is 19.4 Å². The summed E-state index contributed by atoms with van der Waals surface area (Å²) in [6.45, 7) is 3.94. The largest absolute Gasteiger partial charge is 0.386 e. The summed E-state index contributed by atoms with van der Waals surface area (Å²) >= 11 is 6.03. The number of aliphatic hydroxyl groups is 1. The Kier molecular flexibility index (Phi) is 3.45. The highest BCUT2D eigenvalue weighted by Gasteiger charge is 2.20. The fourth-order valence-electron chi connectivity index (χ4n) is 2.20. The van der Waals surface area contributed by atoms with E-state index in [-0.39, 0.29) is 0 Å². The van der Waals surface area contributed by atoms with Crippen LogP contribution in [0.15, 0.2) is 6.20 Å². The highest BCUT2D eigenvalue weighted by molar-refractivity contribution is 6.31. The molecule has 0 aromatic carbocycles. The van der Waals surface area contributed by atoms with Crippen molar-refractivity contribution in [3.8, 4) is 0 Å². The minimum Gasteiger partial charge on any atom is -0.386 e. The second-order valence-corrected chi connectivity index (χ2v) is 4.90. The zero-order chi connectivity index (χ0) is 13.4. The lowest BCUT2D eigenvalue weighted by Crippen LogP contribution is -2.09. The molecule has 2 aromatic heterocycles. The van der Waals surface area contributed by atoms with E-state index in [1.54, 1.807) is 17.9 Å². The highest BCUT2D eigenvalue weighted by Crippen LogP contribution is 2.26. The van der Waals surface area contributed by atoms with Crippen LogP contribution in [0.5, 0.6) is 0 Å². The van der Waals surface area contributed by atoms with Gasteiger partial charge in [-0.1, -0.05) is 11.6 Å². The van der Waals surface area contributed by atoms with Gasteiger partial charge in [-0.3, -0.25) is 9.36 Å². The third-order valence-electron chi connectivity index (χ3n) is 3.31. The van der Waals surface area contributed by atoms with E-state index in [1.165, 1.54) is 0 Å². The molecule has 0 radical (unpaired) electrons. The molecule has 0 aliphatic heterocycles. The molecular weight excluding hydrogens is 252 g/mol. The second-order valence-electron chi connectivity index (χ2n) is 4.49. The zero-order valence-electron chi connectivity index (χ0n) is 11.0. The van der Waals surface area contributed by atoms with Crippen molar-refractivity contribution in [1.82, 2.24) is 19.6 Å².